The van der Waals surface area contributed by atoms with Crippen LogP contribution >= 0.6 is 0 Å². The summed E-state index contributed by atoms with van der Waals surface area (Å²) in [7, 11) is 0. The molecule has 0 bridgehead atoms. The zero-order chi connectivity index (χ0) is 19.2. The standard InChI is InChI=1S/C19H20N8O/c28-17(24-14-15-4-1-2-6-20-15)16-5-9-23-19(25-16)27-12-10-26(11-13-27)18-21-7-3-8-22-18/h1-9H,10-14H2,(H,24,28). The van der Waals surface area contributed by atoms with Crippen LogP contribution in [0.4, 0.5) is 11.9 Å². The molecule has 9 nitrogen and oxygen atoms in total. The van der Waals surface area contributed by atoms with Gasteiger partial charge in [-0.2, -0.15) is 0 Å². The number of hydrogen-bond acceptors (Lipinski definition) is 8. The van der Waals surface area contributed by atoms with Crippen molar-refractivity contribution in [2.45, 2.75) is 6.54 Å². The molecule has 4 rings (SSSR count). The van der Waals surface area contributed by atoms with E-state index < -0.39 is 0 Å². The van der Waals surface area contributed by atoms with Crippen molar-refractivity contribution in [2.24, 2.45) is 0 Å². The Morgan fingerprint density at radius 2 is 1.50 bits per heavy atom. The third-order valence-corrected chi connectivity index (χ3v) is 4.43. The predicted octanol–water partition coefficient (Wildman–Crippen LogP) is 0.918. The van der Waals surface area contributed by atoms with Gasteiger partial charge in [0, 0.05) is 51.0 Å². The second-order valence-electron chi connectivity index (χ2n) is 6.27. The van der Waals surface area contributed by atoms with Crippen molar-refractivity contribution in [1.82, 2.24) is 30.2 Å². The summed E-state index contributed by atoms with van der Waals surface area (Å²) in [6.07, 6.45) is 6.80. The van der Waals surface area contributed by atoms with Crippen LogP contribution in [0.15, 0.2) is 55.1 Å². The Hall–Kier alpha value is -3.62. The van der Waals surface area contributed by atoms with E-state index in [1.54, 1.807) is 36.9 Å². The number of amides is 1. The minimum atomic E-state index is -0.245. The summed E-state index contributed by atoms with van der Waals surface area (Å²) in [4.78, 5) is 38.2. The average molecular weight is 376 g/mol. The van der Waals surface area contributed by atoms with E-state index in [0.29, 0.717) is 18.2 Å². The molecule has 0 saturated carbocycles. The van der Waals surface area contributed by atoms with E-state index in [-0.39, 0.29) is 5.91 Å². The fraction of sp³-hybridized carbons (Fsp3) is 0.263. The first-order valence-corrected chi connectivity index (χ1v) is 9.08. The molecule has 142 valence electrons. The van der Waals surface area contributed by atoms with Crippen LogP contribution in [0, 0.1) is 0 Å². The topological polar surface area (TPSA) is 100 Å². The summed E-state index contributed by atoms with van der Waals surface area (Å²) >= 11 is 0. The Bertz CT molecular complexity index is 913. The number of pyridine rings is 1. The van der Waals surface area contributed by atoms with Crippen molar-refractivity contribution in [3.05, 3.63) is 66.5 Å². The number of hydrogen-bond donors (Lipinski definition) is 1. The molecule has 28 heavy (non-hydrogen) atoms. The summed E-state index contributed by atoms with van der Waals surface area (Å²) in [5.74, 6) is 1.04. The Morgan fingerprint density at radius 1 is 0.821 bits per heavy atom. The van der Waals surface area contributed by atoms with Crippen molar-refractivity contribution in [1.29, 1.82) is 0 Å². The molecule has 1 saturated heterocycles. The zero-order valence-electron chi connectivity index (χ0n) is 15.3. The molecule has 9 heteroatoms. The first-order valence-electron chi connectivity index (χ1n) is 9.08. The molecule has 1 fully saturated rings. The average Bonchev–Trinajstić information content (AvgIpc) is 2.79. The van der Waals surface area contributed by atoms with E-state index in [1.165, 1.54) is 0 Å². The molecule has 1 aliphatic rings. The lowest BCUT2D eigenvalue weighted by atomic mass is 10.3. The Balaban J connectivity index is 1.37. The van der Waals surface area contributed by atoms with Gasteiger partial charge in [-0.1, -0.05) is 6.07 Å². The number of aromatic nitrogens is 5. The zero-order valence-corrected chi connectivity index (χ0v) is 15.3. The minimum absolute atomic E-state index is 0.245. The van der Waals surface area contributed by atoms with E-state index in [4.69, 9.17) is 0 Å². The number of nitrogens with one attached hydrogen (secondary N) is 1. The number of piperazine rings is 1. The minimum Gasteiger partial charge on any atom is -0.345 e. The van der Waals surface area contributed by atoms with Gasteiger partial charge >= 0.3 is 0 Å². The summed E-state index contributed by atoms with van der Waals surface area (Å²) in [6, 6.07) is 9.01. The Morgan fingerprint density at radius 3 is 2.21 bits per heavy atom. The van der Waals surface area contributed by atoms with E-state index in [9.17, 15) is 4.79 Å². The molecule has 0 atom stereocenters. The fourth-order valence-electron chi connectivity index (χ4n) is 2.95. The first kappa shape index (κ1) is 17.8. The van der Waals surface area contributed by atoms with Gasteiger partial charge in [0.05, 0.1) is 12.2 Å². The van der Waals surface area contributed by atoms with Crippen molar-refractivity contribution in [3.8, 4) is 0 Å². The molecule has 3 aromatic rings. The van der Waals surface area contributed by atoms with Gasteiger partial charge in [-0.3, -0.25) is 9.78 Å². The van der Waals surface area contributed by atoms with Gasteiger partial charge in [-0.15, -0.1) is 0 Å². The molecule has 1 amide bonds. The second kappa shape index (κ2) is 8.38. The van der Waals surface area contributed by atoms with Gasteiger partial charge in [0.15, 0.2) is 0 Å². The van der Waals surface area contributed by atoms with Gasteiger partial charge in [0.2, 0.25) is 11.9 Å². The maximum atomic E-state index is 12.4. The largest absolute Gasteiger partial charge is 0.345 e. The number of carbonyl (C=O) groups is 1. The fourth-order valence-corrected chi connectivity index (χ4v) is 2.95. The first-order chi connectivity index (χ1) is 13.8. The monoisotopic (exact) mass is 376 g/mol. The SMILES string of the molecule is O=C(NCc1ccccn1)c1ccnc(N2CCN(c3ncccn3)CC2)n1. The highest BCUT2D eigenvalue weighted by Gasteiger charge is 2.21. The smallest absolute Gasteiger partial charge is 0.270 e. The predicted molar refractivity (Wildman–Crippen MR) is 104 cm³/mol. The normalized spacial score (nSPS) is 14.0. The number of carbonyl (C=O) groups excluding carboxylic acids is 1. The van der Waals surface area contributed by atoms with E-state index in [2.05, 4.69) is 40.0 Å². The molecule has 3 aromatic heterocycles. The molecule has 0 aliphatic carbocycles. The maximum Gasteiger partial charge on any atom is 0.270 e. The van der Waals surface area contributed by atoms with Crippen LogP contribution in [0.1, 0.15) is 16.2 Å². The highest BCUT2D eigenvalue weighted by molar-refractivity contribution is 5.92. The van der Waals surface area contributed by atoms with Crippen LogP contribution in [-0.2, 0) is 6.54 Å². The second-order valence-corrected chi connectivity index (χ2v) is 6.27. The van der Waals surface area contributed by atoms with Crippen LogP contribution in [0.2, 0.25) is 0 Å². The van der Waals surface area contributed by atoms with Crippen molar-refractivity contribution < 1.29 is 4.79 Å². The highest BCUT2D eigenvalue weighted by atomic mass is 16.1. The summed E-state index contributed by atoms with van der Waals surface area (Å²) in [5, 5.41) is 2.84. The molecule has 0 unspecified atom stereocenters. The number of nitrogens with zero attached hydrogens (tertiary/aromatic N) is 7. The van der Waals surface area contributed by atoms with E-state index in [1.807, 2.05) is 18.2 Å². The third kappa shape index (κ3) is 4.20. The molecule has 1 N–H and O–H groups in total. The van der Waals surface area contributed by atoms with Crippen molar-refractivity contribution in [2.75, 3.05) is 36.0 Å². The van der Waals surface area contributed by atoms with Gasteiger partial charge in [0.1, 0.15) is 5.69 Å². The van der Waals surface area contributed by atoms with Crippen LogP contribution in [0.25, 0.3) is 0 Å². The lowest BCUT2D eigenvalue weighted by Crippen LogP contribution is -2.47. The molecule has 1 aliphatic heterocycles. The lowest BCUT2D eigenvalue weighted by molar-refractivity contribution is 0.0945. The molecule has 0 aromatic carbocycles. The van der Waals surface area contributed by atoms with Crippen LogP contribution in [0.3, 0.4) is 0 Å². The van der Waals surface area contributed by atoms with Crippen molar-refractivity contribution in [3.63, 3.8) is 0 Å². The number of anilines is 2. The van der Waals surface area contributed by atoms with Crippen LogP contribution < -0.4 is 15.1 Å². The number of rotatable bonds is 5. The third-order valence-electron chi connectivity index (χ3n) is 4.43. The quantitative estimate of drug-likeness (QED) is 0.702. The summed E-state index contributed by atoms with van der Waals surface area (Å²) in [5.41, 5.74) is 1.14. The Labute approximate surface area is 162 Å². The van der Waals surface area contributed by atoms with Gasteiger partial charge in [-0.05, 0) is 24.3 Å². The summed E-state index contributed by atoms with van der Waals surface area (Å²) in [6.45, 7) is 3.36. The van der Waals surface area contributed by atoms with Gasteiger partial charge in [0.25, 0.3) is 5.91 Å². The van der Waals surface area contributed by atoms with Gasteiger partial charge < -0.3 is 15.1 Å². The van der Waals surface area contributed by atoms with E-state index in [0.717, 1.165) is 37.8 Å². The van der Waals surface area contributed by atoms with E-state index >= 15 is 0 Å². The van der Waals surface area contributed by atoms with Crippen molar-refractivity contribution >= 4 is 17.8 Å². The van der Waals surface area contributed by atoms with Gasteiger partial charge in [-0.25, -0.2) is 19.9 Å². The van der Waals surface area contributed by atoms with Crippen LogP contribution in [-0.4, -0.2) is 57.0 Å². The molecular weight excluding hydrogens is 356 g/mol. The lowest BCUT2D eigenvalue weighted by Gasteiger charge is -2.34. The molecule has 4 heterocycles. The highest BCUT2D eigenvalue weighted by Crippen LogP contribution is 2.14. The van der Waals surface area contributed by atoms with Crippen LogP contribution in [0.5, 0.6) is 0 Å². The molecular formula is C19H20N8O. The summed E-state index contributed by atoms with van der Waals surface area (Å²) < 4.78 is 0. The molecule has 0 radical (unpaired) electrons. The molecule has 0 spiro atoms. The maximum absolute atomic E-state index is 12.4. The Kier molecular flexibility index (Phi) is 5.32.